The van der Waals surface area contributed by atoms with Crippen LogP contribution in [-0.4, -0.2) is 59.8 Å². The minimum Gasteiger partial charge on any atom is -0.399 e. The number of hydrogen-bond acceptors (Lipinski definition) is 11. The van der Waals surface area contributed by atoms with Crippen molar-refractivity contribution in [2.75, 3.05) is 70.4 Å². The average molecular weight is 617 g/mol. The molecule has 0 aromatic heterocycles. The van der Waals surface area contributed by atoms with Crippen LogP contribution < -0.4 is 44.2 Å². The molecule has 4 rings (SSSR count). The van der Waals surface area contributed by atoms with Crippen LogP contribution >= 0.6 is 0 Å². The van der Waals surface area contributed by atoms with Crippen molar-refractivity contribution in [3.63, 3.8) is 0 Å². The molecule has 0 bridgehead atoms. The normalized spacial score (nSPS) is 12.6. The van der Waals surface area contributed by atoms with Gasteiger partial charge in [0, 0.05) is 71.2 Å². The molecule has 0 aliphatic heterocycles. The molecule has 15 N–H and O–H groups in total. The number of nitrogen functional groups attached to an aromatic ring is 4. The summed E-state index contributed by atoms with van der Waals surface area (Å²) in [7, 11) is 0. The van der Waals surface area contributed by atoms with Gasteiger partial charge in [-0.2, -0.15) is 0 Å². The molecule has 0 radical (unpaired) electrons. The molecule has 4 aromatic carbocycles. The van der Waals surface area contributed by atoms with Gasteiger partial charge in [-0.3, -0.25) is 0 Å². The van der Waals surface area contributed by atoms with Crippen LogP contribution in [0.5, 0.6) is 0 Å². The first kappa shape index (κ1) is 34.6. The molecule has 0 aliphatic carbocycles. The number of rotatable bonds is 16. The van der Waals surface area contributed by atoms with Crippen molar-refractivity contribution in [2.24, 2.45) is 0 Å². The van der Waals surface area contributed by atoms with Gasteiger partial charge in [-0.15, -0.1) is 0 Å². The molecular weight excluding hydrogens is 568 g/mol. The fourth-order valence-electron chi connectivity index (χ4n) is 4.29. The van der Waals surface area contributed by atoms with E-state index in [0.717, 1.165) is 59.9 Å². The van der Waals surface area contributed by atoms with E-state index < -0.39 is 12.2 Å². The lowest BCUT2D eigenvalue weighted by molar-refractivity contribution is 0.0363. The van der Waals surface area contributed by atoms with Gasteiger partial charge in [0.15, 0.2) is 0 Å². The van der Waals surface area contributed by atoms with E-state index in [-0.39, 0.29) is 25.7 Å². The highest BCUT2D eigenvalue weighted by Crippen LogP contribution is 2.15. The van der Waals surface area contributed by atoms with Crippen LogP contribution in [0.25, 0.3) is 0 Å². The predicted molar refractivity (Wildman–Crippen MR) is 189 cm³/mol. The van der Waals surface area contributed by atoms with Crippen LogP contribution in [0.1, 0.15) is 19.3 Å². The Kier molecular flexibility index (Phi) is 14.4. The first-order valence-electron chi connectivity index (χ1n) is 15.1. The second-order valence-corrected chi connectivity index (χ2v) is 10.8. The first-order chi connectivity index (χ1) is 21.7. The molecule has 0 saturated heterocycles. The molecule has 11 heteroatoms. The van der Waals surface area contributed by atoms with Gasteiger partial charge in [0.25, 0.3) is 0 Å². The van der Waals surface area contributed by atoms with Crippen molar-refractivity contribution in [1.82, 2.24) is 0 Å². The fraction of sp³-hybridized carbons (Fsp3) is 0.294. The highest BCUT2D eigenvalue weighted by atomic mass is 16.3. The van der Waals surface area contributed by atoms with Gasteiger partial charge in [0.2, 0.25) is 0 Å². The highest BCUT2D eigenvalue weighted by Gasteiger charge is 2.15. The zero-order valence-corrected chi connectivity index (χ0v) is 25.6. The zero-order valence-electron chi connectivity index (χ0n) is 25.6. The minimum atomic E-state index is -0.890. The van der Waals surface area contributed by atoms with E-state index in [1.54, 1.807) is 24.3 Å². The second-order valence-electron chi connectivity index (χ2n) is 10.8. The maximum atomic E-state index is 9.96. The van der Waals surface area contributed by atoms with Gasteiger partial charge >= 0.3 is 0 Å². The third kappa shape index (κ3) is 13.6. The molecule has 3 unspecified atom stereocenters. The van der Waals surface area contributed by atoms with Crippen molar-refractivity contribution >= 4 is 45.5 Å². The third-order valence-corrected chi connectivity index (χ3v) is 7.02. The van der Waals surface area contributed by atoms with Crippen molar-refractivity contribution in [2.45, 2.75) is 37.5 Å². The van der Waals surface area contributed by atoms with E-state index in [1.807, 2.05) is 72.8 Å². The molecular formula is C34H48N8O3. The highest BCUT2D eigenvalue weighted by molar-refractivity contribution is 5.53. The lowest BCUT2D eigenvalue weighted by atomic mass is 10.1. The van der Waals surface area contributed by atoms with Crippen molar-refractivity contribution in [3.05, 3.63) is 97.1 Å². The van der Waals surface area contributed by atoms with Crippen LogP contribution in [-0.2, 0) is 0 Å². The monoisotopic (exact) mass is 616 g/mol. The van der Waals surface area contributed by atoms with Gasteiger partial charge in [0.05, 0.1) is 18.8 Å². The van der Waals surface area contributed by atoms with Gasteiger partial charge < -0.3 is 59.5 Å². The van der Waals surface area contributed by atoms with E-state index in [0.29, 0.717) is 11.4 Å². The number of nitrogens with one attached hydrogen (secondary N) is 4. The van der Waals surface area contributed by atoms with E-state index in [4.69, 9.17) is 22.9 Å². The van der Waals surface area contributed by atoms with Gasteiger partial charge in [0.1, 0.15) is 0 Å². The molecule has 0 saturated carbocycles. The Morgan fingerprint density at radius 3 is 1.22 bits per heavy atom. The number of benzene rings is 4. The summed E-state index contributed by atoms with van der Waals surface area (Å²) in [6, 6.07) is 29.7. The number of aliphatic hydroxyl groups excluding tert-OH is 3. The Morgan fingerprint density at radius 1 is 0.489 bits per heavy atom. The summed E-state index contributed by atoms with van der Waals surface area (Å²) < 4.78 is 0. The van der Waals surface area contributed by atoms with Crippen molar-refractivity contribution < 1.29 is 15.3 Å². The van der Waals surface area contributed by atoms with Crippen molar-refractivity contribution in [3.8, 4) is 0 Å². The standard InChI is InChI=1S/C18H26N4O.C16H22N4O2/c19-14-4-8-16(9-5-14)21-12-2-1-3-18(13-23)22-17-10-6-15(20)7-11-17;17-11-1-5-13(6-2-11)19-9-15(21)16(22)10-20-14-7-3-12(18)4-8-14/h4-11,18,21-23H,1-3,12-13,19-20H2;1-8,15-16,19-22H,9-10,17-18H2. The Morgan fingerprint density at radius 2 is 0.844 bits per heavy atom. The van der Waals surface area contributed by atoms with Crippen LogP contribution in [0.2, 0.25) is 0 Å². The summed E-state index contributed by atoms with van der Waals surface area (Å²) in [5, 5.41) is 42.2. The summed E-state index contributed by atoms with van der Waals surface area (Å²) in [6.07, 6.45) is 1.22. The minimum absolute atomic E-state index is 0.0650. The van der Waals surface area contributed by atoms with Crippen molar-refractivity contribution in [1.29, 1.82) is 0 Å². The van der Waals surface area contributed by atoms with Gasteiger partial charge in [-0.25, -0.2) is 0 Å². The molecule has 4 aromatic rings. The number of aliphatic hydroxyl groups is 3. The molecule has 0 amide bonds. The van der Waals surface area contributed by atoms with Crippen LogP contribution in [0, 0.1) is 0 Å². The number of nitrogens with two attached hydrogens (primary N) is 4. The second kappa shape index (κ2) is 18.7. The SMILES string of the molecule is Nc1ccc(NCC(O)C(O)CNc2ccc(N)cc2)cc1.Nc1ccc(NCCCCC(CO)Nc2ccc(N)cc2)cc1. The molecule has 0 aliphatic rings. The Hall–Kier alpha value is -4.84. The Balaban J connectivity index is 0.000000246. The molecule has 11 nitrogen and oxygen atoms in total. The maximum Gasteiger partial charge on any atom is 0.0988 e. The zero-order chi connectivity index (χ0) is 32.4. The lowest BCUT2D eigenvalue weighted by Gasteiger charge is -2.20. The average Bonchev–Trinajstić information content (AvgIpc) is 3.05. The number of anilines is 8. The van der Waals surface area contributed by atoms with E-state index in [9.17, 15) is 15.3 Å². The largest absolute Gasteiger partial charge is 0.399 e. The summed E-state index contributed by atoms with van der Waals surface area (Å²) in [4.78, 5) is 0. The Bertz CT molecular complexity index is 1300. The quantitative estimate of drug-likeness (QED) is 0.0639. The predicted octanol–water partition coefficient (Wildman–Crippen LogP) is 4.00. The molecule has 3 atom stereocenters. The molecule has 0 heterocycles. The van der Waals surface area contributed by atoms with E-state index in [1.165, 1.54) is 0 Å². The number of hydrogen-bond donors (Lipinski definition) is 11. The fourth-order valence-corrected chi connectivity index (χ4v) is 4.29. The lowest BCUT2D eigenvalue weighted by Crippen LogP contribution is -2.37. The van der Waals surface area contributed by atoms with E-state index >= 15 is 0 Å². The summed E-state index contributed by atoms with van der Waals surface area (Å²) >= 11 is 0. The van der Waals surface area contributed by atoms with Crippen LogP contribution in [0.15, 0.2) is 97.1 Å². The maximum absolute atomic E-state index is 9.96. The topological polar surface area (TPSA) is 213 Å². The summed E-state index contributed by atoms with van der Waals surface area (Å²) in [5.41, 5.74) is 29.1. The molecule has 0 fully saturated rings. The third-order valence-electron chi connectivity index (χ3n) is 7.02. The number of unbranched alkanes of at least 4 members (excludes halogenated alkanes) is 1. The summed E-state index contributed by atoms with van der Waals surface area (Å²) in [5.74, 6) is 0. The van der Waals surface area contributed by atoms with Gasteiger partial charge in [-0.1, -0.05) is 0 Å². The smallest absolute Gasteiger partial charge is 0.0988 e. The summed E-state index contributed by atoms with van der Waals surface area (Å²) in [6.45, 7) is 1.52. The first-order valence-corrected chi connectivity index (χ1v) is 15.1. The van der Waals surface area contributed by atoms with Gasteiger partial charge in [-0.05, 0) is 116 Å². The van der Waals surface area contributed by atoms with Crippen LogP contribution in [0.4, 0.5) is 45.5 Å². The molecule has 0 spiro atoms. The van der Waals surface area contributed by atoms with E-state index in [2.05, 4.69) is 21.3 Å². The molecule has 242 valence electrons. The Labute approximate surface area is 265 Å². The van der Waals surface area contributed by atoms with Crippen LogP contribution in [0.3, 0.4) is 0 Å². The molecule has 45 heavy (non-hydrogen) atoms.